The molecular formula is C14H20N2O3. The Bertz CT molecular complexity index is 442. The third-order valence-electron chi connectivity index (χ3n) is 3.56. The fraction of sp³-hybridized carbons (Fsp3) is 0.571. The number of nitrogens with one attached hydrogen (secondary N) is 1. The average Bonchev–Trinajstić information content (AvgIpc) is 2.39. The first-order valence-corrected chi connectivity index (χ1v) is 6.75. The maximum Gasteiger partial charge on any atom is 0.272 e. The molecule has 104 valence electrons. The maximum absolute atomic E-state index is 10.7. The number of nitro benzene ring substituents is 1. The SMILES string of the molecule is Cc1cc(OCC[C@H]2CCCNC2)ccc1[N+](=O)[O-]. The van der Waals surface area contributed by atoms with Gasteiger partial charge < -0.3 is 10.1 Å². The van der Waals surface area contributed by atoms with Crippen molar-refractivity contribution in [3.05, 3.63) is 33.9 Å². The summed E-state index contributed by atoms with van der Waals surface area (Å²) < 4.78 is 5.67. The largest absolute Gasteiger partial charge is 0.494 e. The summed E-state index contributed by atoms with van der Waals surface area (Å²) in [6.07, 6.45) is 3.53. The number of rotatable bonds is 5. The van der Waals surface area contributed by atoms with Crippen molar-refractivity contribution in [2.75, 3.05) is 19.7 Å². The van der Waals surface area contributed by atoms with Crippen LogP contribution >= 0.6 is 0 Å². The lowest BCUT2D eigenvalue weighted by Gasteiger charge is -2.22. The lowest BCUT2D eigenvalue weighted by Crippen LogP contribution is -2.30. The number of hydrogen-bond donors (Lipinski definition) is 1. The smallest absolute Gasteiger partial charge is 0.272 e. The molecule has 1 aliphatic rings. The molecule has 1 heterocycles. The lowest BCUT2D eigenvalue weighted by molar-refractivity contribution is -0.385. The molecule has 0 amide bonds. The molecule has 0 aromatic heterocycles. The molecule has 1 atom stereocenters. The van der Waals surface area contributed by atoms with E-state index in [2.05, 4.69) is 5.32 Å². The van der Waals surface area contributed by atoms with Crippen molar-refractivity contribution >= 4 is 5.69 Å². The van der Waals surface area contributed by atoms with Crippen molar-refractivity contribution in [3.63, 3.8) is 0 Å². The Kier molecular flexibility index (Phi) is 4.74. The highest BCUT2D eigenvalue weighted by molar-refractivity contribution is 5.44. The van der Waals surface area contributed by atoms with Gasteiger partial charge in [0.25, 0.3) is 5.69 Å². The molecule has 0 saturated carbocycles. The first kappa shape index (κ1) is 13.8. The normalized spacial score (nSPS) is 19.1. The fourth-order valence-electron chi connectivity index (χ4n) is 2.44. The standard InChI is InChI=1S/C14H20N2O3/c1-11-9-13(4-5-14(11)16(17)18)19-8-6-12-3-2-7-15-10-12/h4-5,9,12,15H,2-3,6-8,10H2,1H3/t12-/m1/s1. The summed E-state index contributed by atoms with van der Waals surface area (Å²) in [4.78, 5) is 10.3. The number of benzene rings is 1. The van der Waals surface area contributed by atoms with Crippen LogP contribution in [0.25, 0.3) is 0 Å². The molecule has 1 saturated heterocycles. The van der Waals surface area contributed by atoms with Crippen molar-refractivity contribution in [3.8, 4) is 5.75 Å². The van der Waals surface area contributed by atoms with Gasteiger partial charge >= 0.3 is 0 Å². The van der Waals surface area contributed by atoms with Crippen molar-refractivity contribution in [2.24, 2.45) is 5.92 Å². The lowest BCUT2D eigenvalue weighted by atomic mass is 9.97. The summed E-state index contributed by atoms with van der Waals surface area (Å²) in [7, 11) is 0. The molecule has 1 fully saturated rings. The molecule has 5 heteroatoms. The molecule has 1 aromatic carbocycles. The van der Waals surface area contributed by atoms with Gasteiger partial charge in [-0.1, -0.05) is 0 Å². The van der Waals surface area contributed by atoms with Gasteiger partial charge in [0.15, 0.2) is 0 Å². The molecule has 5 nitrogen and oxygen atoms in total. The quantitative estimate of drug-likeness (QED) is 0.656. The van der Waals surface area contributed by atoms with Crippen LogP contribution in [0.1, 0.15) is 24.8 Å². The molecule has 2 rings (SSSR count). The van der Waals surface area contributed by atoms with E-state index in [9.17, 15) is 10.1 Å². The monoisotopic (exact) mass is 264 g/mol. The van der Waals surface area contributed by atoms with Crippen LogP contribution in [0.15, 0.2) is 18.2 Å². The number of aryl methyl sites for hydroxylation is 1. The highest BCUT2D eigenvalue weighted by Gasteiger charge is 2.13. The minimum absolute atomic E-state index is 0.142. The third-order valence-corrected chi connectivity index (χ3v) is 3.56. The second kappa shape index (κ2) is 6.52. The zero-order valence-corrected chi connectivity index (χ0v) is 11.2. The first-order chi connectivity index (χ1) is 9.16. The zero-order valence-electron chi connectivity index (χ0n) is 11.2. The van der Waals surface area contributed by atoms with Crippen LogP contribution in [0, 0.1) is 23.0 Å². The summed E-state index contributed by atoms with van der Waals surface area (Å²) in [6, 6.07) is 4.91. The van der Waals surface area contributed by atoms with Gasteiger partial charge in [0.05, 0.1) is 11.5 Å². The van der Waals surface area contributed by atoms with E-state index in [1.807, 2.05) is 0 Å². The van der Waals surface area contributed by atoms with E-state index in [1.54, 1.807) is 19.1 Å². The summed E-state index contributed by atoms with van der Waals surface area (Å²) in [5.41, 5.74) is 0.783. The Morgan fingerprint density at radius 2 is 2.37 bits per heavy atom. The number of nitro groups is 1. The Labute approximate surface area is 113 Å². The molecule has 1 N–H and O–H groups in total. The van der Waals surface area contributed by atoms with Gasteiger partial charge in [-0.2, -0.15) is 0 Å². The summed E-state index contributed by atoms with van der Waals surface area (Å²) >= 11 is 0. The van der Waals surface area contributed by atoms with Gasteiger partial charge in [-0.25, -0.2) is 0 Å². The molecule has 0 radical (unpaired) electrons. The minimum Gasteiger partial charge on any atom is -0.494 e. The second-order valence-corrected chi connectivity index (χ2v) is 5.05. The number of hydrogen-bond acceptors (Lipinski definition) is 4. The van der Waals surface area contributed by atoms with Crippen molar-refractivity contribution < 1.29 is 9.66 Å². The number of ether oxygens (including phenoxy) is 1. The van der Waals surface area contributed by atoms with E-state index >= 15 is 0 Å². The van der Waals surface area contributed by atoms with Crippen LogP contribution in [-0.4, -0.2) is 24.6 Å². The molecule has 1 aromatic rings. The van der Waals surface area contributed by atoms with E-state index < -0.39 is 0 Å². The molecule has 0 unspecified atom stereocenters. The predicted octanol–water partition coefficient (Wildman–Crippen LogP) is 2.67. The highest BCUT2D eigenvalue weighted by Crippen LogP contribution is 2.23. The summed E-state index contributed by atoms with van der Waals surface area (Å²) in [5.74, 6) is 1.40. The molecule has 0 aliphatic carbocycles. The number of piperidine rings is 1. The van der Waals surface area contributed by atoms with Gasteiger partial charge in [0.2, 0.25) is 0 Å². The Hall–Kier alpha value is -1.62. The second-order valence-electron chi connectivity index (χ2n) is 5.05. The van der Waals surface area contributed by atoms with Crippen LogP contribution in [0.2, 0.25) is 0 Å². The van der Waals surface area contributed by atoms with E-state index in [-0.39, 0.29) is 10.6 Å². The topological polar surface area (TPSA) is 64.4 Å². The van der Waals surface area contributed by atoms with Gasteiger partial charge in [0.1, 0.15) is 5.75 Å². The first-order valence-electron chi connectivity index (χ1n) is 6.75. The van der Waals surface area contributed by atoms with Crippen molar-refractivity contribution in [1.82, 2.24) is 5.32 Å². The van der Waals surface area contributed by atoms with Crippen LogP contribution in [0.4, 0.5) is 5.69 Å². The van der Waals surface area contributed by atoms with E-state index in [0.717, 1.165) is 19.5 Å². The average molecular weight is 264 g/mol. The van der Waals surface area contributed by atoms with Gasteiger partial charge in [-0.15, -0.1) is 0 Å². The van der Waals surface area contributed by atoms with Crippen LogP contribution < -0.4 is 10.1 Å². The van der Waals surface area contributed by atoms with Crippen molar-refractivity contribution in [2.45, 2.75) is 26.2 Å². The number of nitrogens with zero attached hydrogens (tertiary/aromatic N) is 1. The van der Waals surface area contributed by atoms with Crippen LogP contribution in [0.3, 0.4) is 0 Å². The molecular weight excluding hydrogens is 244 g/mol. The minimum atomic E-state index is -0.368. The van der Waals surface area contributed by atoms with Gasteiger partial charge in [0, 0.05) is 11.6 Å². The fourth-order valence-corrected chi connectivity index (χ4v) is 2.44. The Morgan fingerprint density at radius 3 is 3.00 bits per heavy atom. The summed E-state index contributed by atoms with van der Waals surface area (Å²) in [6.45, 7) is 4.60. The van der Waals surface area contributed by atoms with E-state index in [1.165, 1.54) is 18.9 Å². The Morgan fingerprint density at radius 1 is 1.53 bits per heavy atom. The van der Waals surface area contributed by atoms with Crippen LogP contribution in [-0.2, 0) is 0 Å². The van der Waals surface area contributed by atoms with Gasteiger partial charge in [-0.3, -0.25) is 10.1 Å². The third kappa shape index (κ3) is 3.92. The predicted molar refractivity (Wildman–Crippen MR) is 73.5 cm³/mol. The maximum atomic E-state index is 10.7. The Balaban J connectivity index is 1.82. The summed E-state index contributed by atoms with van der Waals surface area (Å²) in [5, 5.41) is 14.1. The van der Waals surface area contributed by atoms with E-state index in [4.69, 9.17) is 4.74 Å². The zero-order chi connectivity index (χ0) is 13.7. The van der Waals surface area contributed by atoms with E-state index in [0.29, 0.717) is 23.8 Å². The molecule has 1 aliphatic heterocycles. The molecule has 19 heavy (non-hydrogen) atoms. The van der Waals surface area contributed by atoms with Gasteiger partial charge in [-0.05, 0) is 57.3 Å². The van der Waals surface area contributed by atoms with Crippen molar-refractivity contribution in [1.29, 1.82) is 0 Å². The van der Waals surface area contributed by atoms with Crippen LogP contribution in [0.5, 0.6) is 5.75 Å². The highest BCUT2D eigenvalue weighted by atomic mass is 16.6. The molecule has 0 bridgehead atoms. The molecule has 0 spiro atoms.